The van der Waals surface area contributed by atoms with Crippen LogP contribution in [-0.2, 0) is 4.79 Å². The molecule has 0 unspecified atom stereocenters. The largest absolute Gasteiger partial charge is 0.288 e. The molecule has 2 N–H and O–H groups in total. The highest BCUT2D eigenvalue weighted by Gasteiger charge is 2.05. The van der Waals surface area contributed by atoms with E-state index in [9.17, 15) is 9.59 Å². The number of nitrogens with zero attached hydrogens (tertiary/aromatic N) is 1. The molecule has 1 heterocycles. The fourth-order valence-corrected chi connectivity index (χ4v) is 1.59. The maximum absolute atomic E-state index is 11.6. The highest BCUT2D eigenvalue weighted by atomic mass is 35.5. The summed E-state index contributed by atoms with van der Waals surface area (Å²) < 4.78 is 0. The van der Waals surface area contributed by atoms with Crippen molar-refractivity contribution < 1.29 is 9.59 Å². The van der Waals surface area contributed by atoms with E-state index in [1.165, 1.54) is 12.3 Å². The van der Waals surface area contributed by atoms with E-state index < -0.39 is 11.8 Å². The molecule has 6 heteroatoms. The molecule has 5 nitrogen and oxygen atoms in total. The van der Waals surface area contributed by atoms with E-state index in [0.29, 0.717) is 5.02 Å². The summed E-state index contributed by atoms with van der Waals surface area (Å²) in [7, 11) is 0. The summed E-state index contributed by atoms with van der Waals surface area (Å²) in [6, 6.07) is 11.9. The molecule has 0 bridgehead atoms. The van der Waals surface area contributed by atoms with Gasteiger partial charge in [-0.3, -0.25) is 25.4 Å². The second-order valence-corrected chi connectivity index (χ2v) is 4.48. The zero-order chi connectivity index (χ0) is 15.1. The van der Waals surface area contributed by atoms with Crippen molar-refractivity contribution in [3.8, 4) is 0 Å². The van der Waals surface area contributed by atoms with Gasteiger partial charge in [0.1, 0.15) is 5.69 Å². The van der Waals surface area contributed by atoms with Gasteiger partial charge in [-0.25, -0.2) is 0 Å². The van der Waals surface area contributed by atoms with Crippen LogP contribution in [0.4, 0.5) is 0 Å². The fourth-order valence-electron chi connectivity index (χ4n) is 1.47. The first-order valence-corrected chi connectivity index (χ1v) is 6.48. The normalized spacial score (nSPS) is 10.3. The number of benzene rings is 1. The molecule has 106 valence electrons. The monoisotopic (exact) mass is 301 g/mol. The highest BCUT2D eigenvalue weighted by molar-refractivity contribution is 6.30. The van der Waals surface area contributed by atoms with Crippen LogP contribution in [0.1, 0.15) is 16.1 Å². The Morgan fingerprint density at radius 3 is 2.48 bits per heavy atom. The second-order valence-electron chi connectivity index (χ2n) is 4.04. The predicted octanol–water partition coefficient (Wildman–Crippen LogP) is 2.21. The molecule has 0 aliphatic rings. The molecule has 2 amide bonds. The van der Waals surface area contributed by atoms with Crippen LogP contribution in [0.15, 0.2) is 54.7 Å². The van der Waals surface area contributed by atoms with E-state index in [-0.39, 0.29) is 5.69 Å². The maximum Gasteiger partial charge on any atom is 0.288 e. The van der Waals surface area contributed by atoms with Crippen molar-refractivity contribution >= 4 is 29.5 Å². The van der Waals surface area contributed by atoms with Crippen LogP contribution in [0.25, 0.3) is 6.08 Å². The number of pyridine rings is 1. The lowest BCUT2D eigenvalue weighted by atomic mass is 10.2. The van der Waals surface area contributed by atoms with Gasteiger partial charge in [0.05, 0.1) is 0 Å². The van der Waals surface area contributed by atoms with E-state index in [1.54, 1.807) is 48.5 Å². The molecule has 0 aliphatic heterocycles. The highest BCUT2D eigenvalue weighted by Crippen LogP contribution is 2.10. The Morgan fingerprint density at radius 2 is 1.81 bits per heavy atom. The number of nitrogens with one attached hydrogen (secondary N) is 2. The van der Waals surface area contributed by atoms with Crippen LogP contribution in [0.3, 0.4) is 0 Å². The molecule has 2 aromatic rings. The fraction of sp³-hybridized carbons (Fsp3) is 0. The SMILES string of the molecule is O=C(/C=C/c1ccc(Cl)cc1)NNC(=O)c1ccccn1. The number of carbonyl (C=O) groups excluding carboxylic acids is 2. The van der Waals surface area contributed by atoms with Crippen LogP contribution >= 0.6 is 11.6 Å². The van der Waals surface area contributed by atoms with Crippen molar-refractivity contribution in [3.05, 3.63) is 71.0 Å². The standard InChI is InChI=1S/C15H12ClN3O2/c16-12-7-4-11(5-8-12)6-9-14(20)18-19-15(21)13-3-1-2-10-17-13/h1-10H,(H,18,20)(H,19,21)/b9-6+. The van der Waals surface area contributed by atoms with Gasteiger partial charge < -0.3 is 0 Å². The van der Waals surface area contributed by atoms with Crippen LogP contribution < -0.4 is 10.9 Å². The molecule has 0 saturated heterocycles. The second kappa shape index (κ2) is 7.21. The third kappa shape index (κ3) is 4.74. The van der Waals surface area contributed by atoms with E-state index >= 15 is 0 Å². The topological polar surface area (TPSA) is 71.1 Å². The van der Waals surface area contributed by atoms with E-state index in [0.717, 1.165) is 5.56 Å². The number of rotatable bonds is 3. The van der Waals surface area contributed by atoms with Gasteiger partial charge in [-0.05, 0) is 35.9 Å². The van der Waals surface area contributed by atoms with Gasteiger partial charge in [-0.1, -0.05) is 29.8 Å². The molecule has 1 aromatic carbocycles. The van der Waals surface area contributed by atoms with Crippen molar-refractivity contribution in [1.82, 2.24) is 15.8 Å². The Hall–Kier alpha value is -2.66. The average Bonchev–Trinajstić information content (AvgIpc) is 2.53. The Morgan fingerprint density at radius 1 is 1.05 bits per heavy atom. The van der Waals surface area contributed by atoms with Crippen molar-refractivity contribution in [3.63, 3.8) is 0 Å². The summed E-state index contributed by atoms with van der Waals surface area (Å²) >= 11 is 5.76. The minimum atomic E-state index is -0.483. The third-order valence-corrected chi connectivity index (χ3v) is 2.75. The van der Waals surface area contributed by atoms with Gasteiger partial charge in [0.25, 0.3) is 11.8 Å². The van der Waals surface area contributed by atoms with Crippen molar-refractivity contribution in [2.24, 2.45) is 0 Å². The number of hydrazine groups is 1. The number of amides is 2. The van der Waals surface area contributed by atoms with Gasteiger partial charge >= 0.3 is 0 Å². The van der Waals surface area contributed by atoms with Gasteiger partial charge in [-0.2, -0.15) is 0 Å². The van der Waals surface area contributed by atoms with Crippen molar-refractivity contribution in [2.45, 2.75) is 0 Å². The predicted molar refractivity (Wildman–Crippen MR) is 80.3 cm³/mol. The molecule has 2 rings (SSSR count). The summed E-state index contributed by atoms with van der Waals surface area (Å²) in [6.45, 7) is 0. The van der Waals surface area contributed by atoms with E-state index in [1.807, 2.05) is 0 Å². The molecule has 21 heavy (non-hydrogen) atoms. The Balaban J connectivity index is 1.85. The molecular formula is C15H12ClN3O2. The van der Waals surface area contributed by atoms with E-state index in [4.69, 9.17) is 11.6 Å². The first kappa shape index (κ1) is 14.7. The molecular weight excluding hydrogens is 290 g/mol. The molecule has 0 radical (unpaired) electrons. The molecule has 0 spiro atoms. The minimum absolute atomic E-state index is 0.222. The van der Waals surface area contributed by atoms with Gasteiger partial charge in [0.15, 0.2) is 0 Å². The number of aromatic nitrogens is 1. The van der Waals surface area contributed by atoms with E-state index in [2.05, 4.69) is 15.8 Å². The van der Waals surface area contributed by atoms with Gasteiger partial charge in [-0.15, -0.1) is 0 Å². The smallest absolute Gasteiger partial charge is 0.268 e. The summed E-state index contributed by atoms with van der Waals surface area (Å²) in [4.78, 5) is 27.1. The first-order chi connectivity index (χ1) is 10.1. The van der Waals surface area contributed by atoms with Gasteiger partial charge in [0, 0.05) is 17.3 Å². The molecule has 0 aliphatic carbocycles. The Bertz CT molecular complexity index is 654. The zero-order valence-corrected chi connectivity index (χ0v) is 11.7. The summed E-state index contributed by atoms with van der Waals surface area (Å²) in [5.74, 6) is -0.932. The lowest BCUT2D eigenvalue weighted by Crippen LogP contribution is -2.41. The Kier molecular flexibility index (Phi) is 5.06. The third-order valence-electron chi connectivity index (χ3n) is 2.49. The lowest BCUT2D eigenvalue weighted by molar-refractivity contribution is -0.117. The van der Waals surface area contributed by atoms with Crippen molar-refractivity contribution in [2.75, 3.05) is 0 Å². The van der Waals surface area contributed by atoms with Crippen LogP contribution in [0.5, 0.6) is 0 Å². The number of halogens is 1. The lowest BCUT2D eigenvalue weighted by Gasteiger charge is -2.04. The zero-order valence-electron chi connectivity index (χ0n) is 10.9. The molecule has 0 fully saturated rings. The number of hydrogen-bond acceptors (Lipinski definition) is 3. The minimum Gasteiger partial charge on any atom is -0.268 e. The van der Waals surface area contributed by atoms with Crippen LogP contribution in [-0.4, -0.2) is 16.8 Å². The molecule has 1 aromatic heterocycles. The van der Waals surface area contributed by atoms with Crippen LogP contribution in [0, 0.1) is 0 Å². The van der Waals surface area contributed by atoms with Gasteiger partial charge in [0.2, 0.25) is 0 Å². The van der Waals surface area contributed by atoms with Crippen LogP contribution in [0.2, 0.25) is 5.02 Å². The Labute approximate surface area is 126 Å². The first-order valence-electron chi connectivity index (χ1n) is 6.10. The van der Waals surface area contributed by atoms with Crippen molar-refractivity contribution in [1.29, 1.82) is 0 Å². The average molecular weight is 302 g/mol. The maximum atomic E-state index is 11.6. The summed E-state index contributed by atoms with van der Waals surface area (Å²) in [5.41, 5.74) is 5.59. The quantitative estimate of drug-likeness (QED) is 0.674. The number of hydrogen-bond donors (Lipinski definition) is 2. The molecule has 0 saturated carbocycles. The summed E-state index contributed by atoms with van der Waals surface area (Å²) in [5, 5.41) is 0.624. The molecule has 0 atom stereocenters. The number of carbonyl (C=O) groups is 2. The summed E-state index contributed by atoms with van der Waals surface area (Å²) in [6.07, 6.45) is 4.41.